The lowest BCUT2D eigenvalue weighted by molar-refractivity contribution is -0.118. The summed E-state index contributed by atoms with van der Waals surface area (Å²) in [6.45, 7) is 5.34. The van der Waals surface area contributed by atoms with Crippen molar-refractivity contribution in [3.63, 3.8) is 0 Å². The molecule has 2 aromatic carbocycles. The van der Waals surface area contributed by atoms with Gasteiger partial charge in [-0.3, -0.25) is 19.4 Å². The summed E-state index contributed by atoms with van der Waals surface area (Å²) in [7, 11) is 3.34. The summed E-state index contributed by atoms with van der Waals surface area (Å²) in [5.74, 6) is -3.67. The van der Waals surface area contributed by atoms with Gasteiger partial charge in [0.1, 0.15) is 35.3 Å². The topological polar surface area (TPSA) is 102 Å². The van der Waals surface area contributed by atoms with Crippen molar-refractivity contribution in [2.45, 2.75) is 37.9 Å². The molecule has 0 bridgehead atoms. The largest absolute Gasteiger partial charge is 0.497 e. The second kappa shape index (κ2) is 12.1. The number of benzene rings is 2. The van der Waals surface area contributed by atoms with Crippen LogP contribution in [-0.2, 0) is 4.79 Å². The summed E-state index contributed by atoms with van der Waals surface area (Å²) in [6, 6.07) is 12.6. The van der Waals surface area contributed by atoms with E-state index in [2.05, 4.69) is 42.1 Å². The average molecular weight is 609 g/mol. The van der Waals surface area contributed by atoms with Crippen molar-refractivity contribution in [1.82, 2.24) is 15.2 Å². The Morgan fingerprint density at radius 3 is 2.28 bits per heavy atom. The molecule has 0 radical (unpaired) electrons. The number of nitriles is 1. The number of nitrogens with zero attached hydrogens (tertiary/aromatic N) is 5. The summed E-state index contributed by atoms with van der Waals surface area (Å²) in [4.78, 5) is 37.5. The van der Waals surface area contributed by atoms with Crippen LogP contribution in [0.25, 0.3) is 0 Å². The molecule has 4 atom stereocenters. The molecule has 2 fully saturated rings. The third kappa shape index (κ3) is 5.85. The Hall–Kier alpha value is -4.27. The summed E-state index contributed by atoms with van der Waals surface area (Å²) >= 11 is 5.95. The Balaban J connectivity index is 1.55. The third-order valence-electron chi connectivity index (χ3n) is 8.29. The molecule has 0 aliphatic carbocycles. The minimum absolute atomic E-state index is 0.0292. The van der Waals surface area contributed by atoms with Crippen LogP contribution in [0.5, 0.6) is 5.75 Å². The highest BCUT2D eigenvalue weighted by Gasteiger charge is 2.46. The standard InChI is InChI=1S/C31H31ClF2N6O3/c1-17-14-39(15-18(2)38(17)3)26-10-7-20(13-35)29(36-26)40-16-23(27-24(33)11-22(43-4)12-25(27)34)28(31(40)42)37-30(41)19-5-8-21(32)9-6-19/h5-12,17-18,23,28H,14-16H2,1-4H3,(H,37,41)/t17-,18+,23-,28-/m0/s1. The normalized spacial score (nSPS) is 22.4. The number of methoxy groups -OCH3 is 1. The van der Waals surface area contributed by atoms with Crippen LogP contribution in [0.3, 0.4) is 0 Å². The van der Waals surface area contributed by atoms with Crippen LogP contribution in [0, 0.1) is 23.0 Å². The first-order chi connectivity index (χ1) is 20.5. The zero-order chi connectivity index (χ0) is 31.0. The van der Waals surface area contributed by atoms with Crippen LogP contribution in [0.15, 0.2) is 48.5 Å². The summed E-state index contributed by atoms with van der Waals surface area (Å²) in [5.41, 5.74) is -0.0536. The lowest BCUT2D eigenvalue weighted by Gasteiger charge is -2.43. The van der Waals surface area contributed by atoms with Gasteiger partial charge in [-0.1, -0.05) is 11.6 Å². The molecule has 12 heteroatoms. The lowest BCUT2D eigenvalue weighted by Crippen LogP contribution is -2.55. The Morgan fingerprint density at radius 2 is 1.70 bits per heavy atom. The molecule has 3 aromatic rings. The number of piperazine rings is 1. The molecule has 1 aromatic heterocycles. The van der Waals surface area contributed by atoms with Crippen LogP contribution in [0.4, 0.5) is 20.4 Å². The molecule has 3 heterocycles. The number of hydrogen-bond donors (Lipinski definition) is 1. The van der Waals surface area contributed by atoms with E-state index >= 15 is 8.78 Å². The van der Waals surface area contributed by atoms with Crippen LogP contribution < -0.4 is 19.9 Å². The van der Waals surface area contributed by atoms with Gasteiger partial charge in [0, 0.05) is 65.9 Å². The fourth-order valence-corrected chi connectivity index (χ4v) is 5.83. The maximum absolute atomic E-state index is 15.4. The van der Waals surface area contributed by atoms with Crippen molar-refractivity contribution < 1.29 is 23.1 Å². The van der Waals surface area contributed by atoms with Gasteiger partial charge < -0.3 is 15.0 Å². The van der Waals surface area contributed by atoms with Gasteiger partial charge in [0.05, 0.1) is 12.7 Å². The van der Waals surface area contributed by atoms with E-state index in [1.807, 2.05) is 0 Å². The van der Waals surface area contributed by atoms with E-state index in [0.29, 0.717) is 23.9 Å². The number of carbonyl (C=O) groups excluding carboxylic acids is 2. The number of likely N-dealkylation sites (N-methyl/N-ethyl adjacent to an activating group) is 1. The monoisotopic (exact) mass is 608 g/mol. The molecule has 0 saturated carbocycles. The van der Waals surface area contributed by atoms with E-state index < -0.39 is 35.4 Å². The van der Waals surface area contributed by atoms with Gasteiger partial charge in [0.2, 0.25) is 0 Å². The molecule has 5 rings (SSSR count). The second-order valence-electron chi connectivity index (χ2n) is 10.9. The molecule has 2 saturated heterocycles. The summed E-state index contributed by atoms with van der Waals surface area (Å²) < 4.78 is 35.8. The number of pyridine rings is 1. The number of aromatic nitrogens is 1. The van der Waals surface area contributed by atoms with Gasteiger partial charge in [0.15, 0.2) is 5.82 Å². The molecular formula is C31H31ClF2N6O3. The average Bonchev–Trinajstić information content (AvgIpc) is 3.29. The van der Waals surface area contributed by atoms with Crippen molar-refractivity contribution in [1.29, 1.82) is 5.26 Å². The van der Waals surface area contributed by atoms with E-state index in [4.69, 9.17) is 21.3 Å². The SMILES string of the molecule is COc1cc(F)c([C@@H]2CN(c3nc(N4C[C@@H](C)N(C)[C@@H](C)C4)ccc3C#N)C(=O)[C@H]2NC(=O)c2ccc(Cl)cc2)c(F)c1. The first kappa shape index (κ1) is 30.2. The predicted molar refractivity (Wildman–Crippen MR) is 159 cm³/mol. The zero-order valence-electron chi connectivity index (χ0n) is 24.1. The molecule has 224 valence electrons. The van der Waals surface area contributed by atoms with Crippen LogP contribution >= 0.6 is 11.6 Å². The van der Waals surface area contributed by atoms with Gasteiger partial charge in [-0.15, -0.1) is 0 Å². The maximum Gasteiger partial charge on any atom is 0.251 e. The van der Waals surface area contributed by atoms with Crippen LogP contribution in [0.2, 0.25) is 5.02 Å². The van der Waals surface area contributed by atoms with E-state index in [1.165, 1.54) is 36.3 Å². The number of carbonyl (C=O) groups is 2. The number of halogens is 3. The van der Waals surface area contributed by atoms with Crippen molar-refractivity contribution in [2.75, 3.05) is 43.6 Å². The summed E-state index contributed by atoms with van der Waals surface area (Å²) in [5, 5.41) is 13.0. The van der Waals surface area contributed by atoms with Gasteiger partial charge in [-0.2, -0.15) is 5.26 Å². The van der Waals surface area contributed by atoms with Crippen molar-refractivity contribution in [3.05, 3.63) is 81.9 Å². The molecule has 2 aliphatic heterocycles. The first-order valence-electron chi connectivity index (χ1n) is 13.8. The number of hydrogen-bond acceptors (Lipinski definition) is 7. The number of anilines is 2. The van der Waals surface area contributed by atoms with Gasteiger partial charge in [-0.25, -0.2) is 13.8 Å². The van der Waals surface area contributed by atoms with Crippen LogP contribution in [0.1, 0.15) is 41.3 Å². The summed E-state index contributed by atoms with van der Waals surface area (Å²) in [6.07, 6.45) is 0. The third-order valence-corrected chi connectivity index (χ3v) is 8.54. The number of amides is 2. The molecule has 0 unspecified atom stereocenters. The van der Waals surface area contributed by atoms with Crippen molar-refractivity contribution in [2.24, 2.45) is 0 Å². The highest BCUT2D eigenvalue weighted by Crippen LogP contribution is 2.37. The second-order valence-corrected chi connectivity index (χ2v) is 11.4. The minimum atomic E-state index is -1.36. The minimum Gasteiger partial charge on any atom is -0.497 e. The molecule has 2 amide bonds. The highest BCUT2D eigenvalue weighted by molar-refractivity contribution is 6.30. The molecular weight excluding hydrogens is 578 g/mol. The fourth-order valence-electron chi connectivity index (χ4n) is 5.70. The molecule has 9 nitrogen and oxygen atoms in total. The molecule has 1 N–H and O–H groups in total. The smallest absolute Gasteiger partial charge is 0.251 e. The highest BCUT2D eigenvalue weighted by atomic mass is 35.5. The lowest BCUT2D eigenvalue weighted by atomic mass is 9.92. The number of ether oxygens (including phenoxy) is 1. The van der Waals surface area contributed by atoms with Gasteiger partial charge in [0.25, 0.3) is 11.8 Å². The number of rotatable bonds is 6. The Morgan fingerprint density at radius 1 is 1.07 bits per heavy atom. The van der Waals surface area contributed by atoms with Crippen molar-refractivity contribution in [3.8, 4) is 11.8 Å². The predicted octanol–water partition coefficient (Wildman–Crippen LogP) is 4.35. The molecule has 43 heavy (non-hydrogen) atoms. The number of nitrogens with one attached hydrogen (secondary N) is 1. The van der Waals surface area contributed by atoms with Gasteiger partial charge in [-0.05, 0) is 57.3 Å². The van der Waals surface area contributed by atoms with E-state index in [9.17, 15) is 14.9 Å². The molecule has 0 spiro atoms. The zero-order valence-corrected chi connectivity index (χ0v) is 24.9. The molecule has 2 aliphatic rings. The van der Waals surface area contributed by atoms with Gasteiger partial charge >= 0.3 is 0 Å². The van der Waals surface area contributed by atoms with Crippen molar-refractivity contribution >= 4 is 35.1 Å². The van der Waals surface area contributed by atoms with E-state index in [0.717, 1.165) is 12.1 Å². The fraction of sp³-hybridized carbons (Fsp3) is 0.355. The maximum atomic E-state index is 15.4. The first-order valence-corrected chi connectivity index (χ1v) is 14.2. The Bertz CT molecular complexity index is 1560. The Kier molecular flexibility index (Phi) is 8.53. The van der Waals surface area contributed by atoms with E-state index in [-0.39, 0.29) is 46.9 Å². The van der Waals surface area contributed by atoms with E-state index in [1.54, 1.807) is 12.1 Å². The van der Waals surface area contributed by atoms with Crippen LogP contribution in [-0.4, -0.2) is 73.6 Å². The quantitative estimate of drug-likeness (QED) is 0.444. The Labute approximate surface area is 253 Å².